The van der Waals surface area contributed by atoms with Crippen LogP contribution in [-0.4, -0.2) is 47.6 Å². The van der Waals surface area contributed by atoms with Gasteiger partial charge >= 0.3 is 5.97 Å². The van der Waals surface area contributed by atoms with Crippen molar-refractivity contribution in [3.8, 4) is 17.2 Å². The van der Waals surface area contributed by atoms with E-state index in [1.807, 2.05) is 6.08 Å². The highest BCUT2D eigenvalue weighted by atomic mass is 16.5. The molecule has 2 unspecified atom stereocenters. The number of aromatic hydroxyl groups is 2. The van der Waals surface area contributed by atoms with Gasteiger partial charge in [0, 0.05) is 37.3 Å². The molecule has 3 rings (SSSR count). The summed E-state index contributed by atoms with van der Waals surface area (Å²) in [6.45, 7) is 4.58. The van der Waals surface area contributed by atoms with Gasteiger partial charge in [0.05, 0.1) is 13.2 Å². The third-order valence-electron chi connectivity index (χ3n) is 10.2. The molecule has 3 N–H and O–H groups in total. The molecule has 8 nitrogen and oxygen atoms in total. The molecule has 0 aromatic heterocycles. The zero-order chi connectivity index (χ0) is 37.6. The molecule has 2 aromatic rings. The zero-order valence-corrected chi connectivity index (χ0v) is 32.2. The van der Waals surface area contributed by atoms with Gasteiger partial charge in [0.15, 0.2) is 0 Å². The summed E-state index contributed by atoms with van der Waals surface area (Å²) in [5.41, 5.74) is 1.04. The summed E-state index contributed by atoms with van der Waals surface area (Å²) in [7, 11) is 1.57. The van der Waals surface area contributed by atoms with E-state index in [-0.39, 0.29) is 35.0 Å². The second-order valence-corrected chi connectivity index (χ2v) is 14.5. The van der Waals surface area contributed by atoms with Crippen LogP contribution in [0.25, 0.3) is 6.08 Å². The van der Waals surface area contributed by atoms with Crippen LogP contribution in [0, 0.1) is 0 Å². The van der Waals surface area contributed by atoms with Gasteiger partial charge in [-0.05, 0) is 68.4 Å². The second-order valence-electron chi connectivity index (χ2n) is 14.5. The van der Waals surface area contributed by atoms with Crippen LogP contribution >= 0.6 is 0 Å². The molecule has 0 saturated heterocycles. The predicted molar refractivity (Wildman–Crippen MR) is 209 cm³/mol. The number of ether oxygens (including phenoxy) is 2. The molecule has 1 amide bonds. The lowest BCUT2D eigenvalue weighted by Crippen LogP contribution is -2.26. The van der Waals surface area contributed by atoms with Crippen LogP contribution in [0.1, 0.15) is 182 Å². The Labute approximate surface area is 312 Å². The third kappa shape index (κ3) is 15.0. The Bertz CT molecular complexity index is 1400. The fraction of sp³-hybridized carbons (Fsp3) is 0.614. The number of nitrogens with one attached hydrogen (secondary N) is 1. The maximum absolute atomic E-state index is 13.6. The fourth-order valence-corrected chi connectivity index (χ4v) is 7.05. The first kappa shape index (κ1) is 42.6. The highest BCUT2D eigenvalue weighted by molar-refractivity contribution is 5.98. The van der Waals surface area contributed by atoms with Crippen molar-refractivity contribution in [2.24, 2.45) is 0 Å². The topological polar surface area (TPSA) is 122 Å². The van der Waals surface area contributed by atoms with Crippen LogP contribution in [0.3, 0.4) is 0 Å². The largest absolute Gasteiger partial charge is 0.507 e. The SMILES string of the molecule is CCCCCCCCCCCCCCCCNC(=O)CC(c1ccc(OC)cc1)c1c(O)cc2c(c1O)C(=O)OC(C)CCCC(=O)CCCC=C2. The lowest BCUT2D eigenvalue weighted by molar-refractivity contribution is -0.121. The number of cyclic esters (lactones) is 1. The number of esters is 1. The monoisotopic (exact) mass is 719 g/mol. The standard InChI is InChI=1S/C44H65NO7/c1-4-5-6-7-8-9-10-11-12-13-14-15-16-20-30-45-40(48)32-38(34-26-28-37(51-3)29-27-34)42-39(47)31-35-23-18-17-19-24-36(46)25-21-22-33(2)52-44(50)41(35)43(42)49/h18,23,26-29,31,33,38,47,49H,4-17,19-22,24-25,30,32H2,1-3H3,(H,45,48). The normalized spacial score (nSPS) is 16.1. The molecule has 0 fully saturated rings. The van der Waals surface area contributed by atoms with Gasteiger partial charge < -0.3 is 25.0 Å². The van der Waals surface area contributed by atoms with Crippen molar-refractivity contribution in [3.63, 3.8) is 0 Å². The first-order chi connectivity index (χ1) is 25.2. The first-order valence-electron chi connectivity index (χ1n) is 20.1. The van der Waals surface area contributed by atoms with E-state index in [2.05, 4.69) is 12.2 Å². The molecule has 52 heavy (non-hydrogen) atoms. The summed E-state index contributed by atoms with van der Waals surface area (Å²) in [5.74, 6) is -1.48. The minimum atomic E-state index is -0.749. The number of unbranched alkanes of at least 4 members (excludes halogenated alkanes) is 13. The minimum absolute atomic E-state index is 0.0415. The summed E-state index contributed by atoms with van der Waals surface area (Å²) < 4.78 is 11.1. The lowest BCUT2D eigenvalue weighted by atomic mass is 9.84. The Balaban J connectivity index is 1.66. The van der Waals surface area contributed by atoms with E-state index < -0.39 is 23.7 Å². The second kappa shape index (κ2) is 24.4. The minimum Gasteiger partial charge on any atom is -0.507 e. The number of methoxy groups -OCH3 is 1. The van der Waals surface area contributed by atoms with Gasteiger partial charge in [-0.1, -0.05) is 115 Å². The van der Waals surface area contributed by atoms with Crippen LogP contribution in [0.15, 0.2) is 36.4 Å². The maximum atomic E-state index is 13.6. The Morgan fingerprint density at radius 2 is 1.48 bits per heavy atom. The Hall–Kier alpha value is -3.81. The molecule has 0 aliphatic carbocycles. The number of carbonyl (C=O) groups excluding carboxylic acids is 3. The van der Waals surface area contributed by atoms with E-state index in [0.29, 0.717) is 61.9 Å². The van der Waals surface area contributed by atoms with E-state index >= 15 is 0 Å². The molecule has 0 spiro atoms. The van der Waals surface area contributed by atoms with Gasteiger partial charge in [-0.2, -0.15) is 0 Å². The number of amides is 1. The molecule has 1 aliphatic heterocycles. The molecule has 0 radical (unpaired) electrons. The van der Waals surface area contributed by atoms with Crippen molar-refractivity contribution in [1.82, 2.24) is 5.32 Å². The van der Waals surface area contributed by atoms with Crippen LogP contribution in [0.2, 0.25) is 0 Å². The average molecular weight is 720 g/mol. The number of carbonyl (C=O) groups is 3. The molecular weight excluding hydrogens is 654 g/mol. The number of benzene rings is 2. The van der Waals surface area contributed by atoms with Gasteiger partial charge in [-0.25, -0.2) is 4.79 Å². The van der Waals surface area contributed by atoms with Gasteiger partial charge in [0.1, 0.15) is 28.6 Å². The van der Waals surface area contributed by atoms with Crippen LogP contribution in [0.4, 0.5) is 0 Å². The molecule has 0 bridgehead atoms. The van der Waals surface area contributed by atoms with Crippen molar-refractivity contribution in [2.45, 2.75) is 161 Å². The third-order valence-corrected chi connectivity index (χ3v) is 10.2. The molecule has 288 valence electrons. The number of Topliss-reactive ketones (excluding diaryl/α,β-unsaturated/α-hetero) is 1. The van der Waals surface area contributed by atoms with Crippen molar-refractivity contribution in [1.29, 1.82) is 0 Å². The van der Waals surface area contributed by atoms with Gasteiger partial charge in [-0.3, -0.25) is 9.59 Å². The van der Waals surface area contributed by atoms with E-state index in [4.69, 9.17) is 9.47 Å². The van der Waals surface area contributed by atoms with E-state index in [1.54, 1.807) is 44.4 Å². The highest BCUT2D eigenvalue weighted by Gasteiger charge is 2.31. The molecule has 1 heterocycles. The first-order valence-corrected chi connectivity index (χ1v) is 20.1. The number of hydrogen-bond acceptors (Lipinski definition) is 7. The Morgan fingerprint density at radius 3 is 2.10 bits per heavy atom. The van der Waals surface area contributed by atoms with Crippen molar-refractivity contribution < 1.29 is 34.1 Å². The molecule has 1 aliphatic rings. The smallest absolute Gasteiger partial charge is 0.342 e. The van der Waals surface area contributed by atoms with Gasteiger partial charge in [0.2, 0.25) is 5.91 Å². The van der Waals surface area contributed by atoms with Gasteiger partial charge in [-0.15, -0.1) is 0 Å². The summed E-state index contributed by atoms with van der Waals surface area (Å²) in [4.78, 5) is 39.2. The van der Waals surface area contributed by atoms with Gasteiger partial charge in [0.25, 0.3) is 0 Å². The quantitative estimate of drug-likeness (QED) is 0.0919. The number of ketones is 1. The summed E-state index contributed by atoms with van der Waals surface area (Å²) in [6.07, 6.45) is 24.0. The molecule has 2 atom stereocenters. The number of phenols is 2. The molecule has 0 saturated carbocycles. The van der Waals surface area contributed by atoms with E-state index in [1.165, 1.54) is 76.7 Å². The Morgan fingerprint density at radius 1 is 0.885 bits per heavy atom. The zero-order valence-electron chi connectivity index (χ0n) is 32.2. The Kier molecular flexibility index (Phi) is 20.0. The average Bonchev–Trinajstić information content (AvgIpc) is 3.12. The van der Waals surface area contributed by atoms with Crippen LogP contribution in [0.5, 0.6) is 17.2 Å². The van der Waals surface area contributed by atoms with E-state index in [0.717, 1.165) is 19.3 Å². The number of allylic oxidation sites excluding steroid dienone is 1. The summed E-state index contributed by atoms with van der Waals surface area (Å²) >= 11 is 0. The van der Waals surface area contributed by atoms with E-state index in [9.17, 15) is 24.6 Å². The van der Waals surface area contributed by atoms with Crippen LogP contribution < -0.4 is 10.1 Å². The number of phenolic OH excluding ortho intramolecular Hbond substituents is 2. The maximum Gasteiger partial charge on any atom is 0.342 e. The van der Waals surface area contributed by atoms with Crippen molar-refractivity contribution >= 4 is 23.7 Å². The summed E-state index contributed by atoms with van der Waals surface area (Å²) in [6, 6.07) is 8.60. The molecular formula is C44H65NO7. The number of hydrogen-bond donors (Lipinski definition) is 3. The summed E-state index contributed by atoms with van der Waals surface area (Å²) in [5, 5.41) is 26.2. The number of fused-ring (bicyclic) bond motifs is 1. The molecule has 8 heteroatoms. The fourth-order valence-electron chi connectivity index (χ4n) is 7.05. The number of rotatable bonds is 20. The molecule has 2 aromatic carbocycles. The lowest BCUT2D eigenvalue weighted by Gasteiger charge is -2.23. The van der Waals surface area contributed by atoms with Crippen LogP contribution in [-0.2, 0) is 14.3 Å². The highest BCUT2D eigenvalue weighted by Crippen LogP contribution is 2.44. The van der Waals surface area contributed by atoms with Crippen molar-refractivity contribution in [3.05, 3.63) is 58.7 Å². The van der Waals surface area contributed by atoms with Crippen molar-refractivity contribution in [2.75, 3.05) is 13.7 Å². The predicted octanol–water partition coefficient (Wildman–Crippen LogP) is 10.7.